The molecule has 0 aliphatic carbocycles. The fourth-order valence-corrected chi connectivity index (χ4v) is 2.22. The average molecular weight is 258 g/mol. The van der Waals surface area contributed by atoms with Crippen molar-refractivity contribution in [1.82, 2.24) is 5.43 Å². The predicted octanol–water partition coefficient (Wildman–Crippen LogP) is 0.859. The van der Waals surface area contributed by atoms with Crippen molar-refractivity contribution in [3.8, 4) is 0 Å². The van der Waals surface area contributed by atoms with Gasteiger partial charge in [-0.05, 0) is 30.2 Å². The van der Waals surface area contributed by atoms with E-state index in [4.69, 9.17) is 0 Å². The third-order valence-corrected chi connectivity index (χ3v) is 3.24. The second kappa shape index (κ2) is 4.72. The molecule has 0 bridgehead atoms. The van der Waals surface area contributed by atoms with Crippen LogP contribution in [0.25, 0.3) is 0 Å². The van der Waals surface area contributed by atoms with Crippen molar-refractivity contribution in [1.29, 1.82) is 0 Å². The van der Waals surface area contributed by atoms with Crippen LogP contribution in [0.2, 0.25) is 0 Å². The van der Waals surface area contributed by atoms with Gasteiger partial charge in [-0.2, -0.15) is 5.10 Å². The van der Waals surface area contributed by atoms with Crippen molar-refractivity contribution in [2.24, 2.45) is 5.10 Å². The fraction of sp³-hybridized carbons (Fsp3) is 0.308. The molecule has 0 fully saturated rings. The minimum absolute atomic E-state index is 0.153. The lowest BCUT2D eigenvalue weighted by Gasteiger charge is -2.12. The molecule has 2 heterocycles. The van der Waals surface area contributed by atoms with Crippen LogP contribution in [0.15, 0.2) is 23.3 Å². The van der Waals surface area contributed by atoms with Crippen LogP contribution in [-0.2, 0) is 16.0 Å². The van der Waals surface area contributed by atoms with Crippen LogP contribution in [0.4, 0.5) is 11.4 Å². The zero-order valence-corrected chi connectivity index (χ0v) is 10.3. The van der Waals surface area contributed by atoms with Crippen molar-refractivity contribution in [3.63, 3.8) is 0 Å². The summed E-state index contributed by atoms with van der Waals surface area (Å²) in [6.45, 7) is 0.936. The van der Waals surface area contributed by atoms with E-state index in [1.165, 1.54) is 5.56 Å². The van der Waals surface area contributed by atoms with Crippen LogP contribution in [0.1, 0.15) is 18.4 Å². The van der Waals surface area contributed by atoms with Gasteiger partial charge in [0, 0.05) is 30.8 Å². The van der Waals surface area contributed by atoms with Gasteiger partial charge in [0.15, 0.2) is 0 Å². The minimum Gasteiger partial charge on any atom is -0.384 e. The molecule has 98 valence electrons. The van der Waals surface area contributed by atoms with Crippen LogP contribution in [0, 0.1) is 0 Å². The number of hydrogen-bond acceptors (Lipinski definition) is 4. The third-order valence-electron chi connectivity index (χ3n) is 3.24. The molecule has 0 aromatic heterocycles. The zero-order valence-electron chi connectivity index (χ0n) is 10.3. The minimum atomic E-state index is -0.258. The molecule has 0 saturated heterocycles. The Bertz CT molecular complexity index is 580. The van der Waals surface area contributed by atoms with Gasteiger partial charge in [-0.1, -0.05) is 0 Å². The lowest BCUT2D eigenvalue weighted by atomic mass is 10.1. The second-order valence-electron chi connectivity index (χ2n) is 4.60. The summed E-state index contributed by atoms with van der Waals surface area (Å²) in [6.07, 6.45) is 1.65. The van der Waals surface area contributed by atoms with Crippen LogP contribution >= 0.6 is 0 Å². The van der Waals surface area contributed by atoms with Crippen molar-refractivity contribution in [2.45, 2.75) is 19.3 Å². The number of benzene rings is 1. The molecule has 2 aliphatic heterocycles. The molecule has 1 aromatic rings. The van der Waals surface area contributed by atoms with Gasteiger partial charge >= 0.3 is 0 Å². The van der Waals surface area contributed by atoms with Gasteiger partial charge in [0.1, 0.15) is 5.71 Å². The number of hydrogen-bond donors (Lipinski definition) is 3. The molecule has 3 N–H and O–H groups in total. The van der Waals surface area contributed by atoms with Gasteiger partial charge in [-0.25, -0.2) is 5.43 Å². The molecule has 2 amide bonds. The smallest absolute Gasteiger partial charge is 0.271 e. The summed E-state index contributed by atoms with van der Waals surface area (Å²) in [5, 5.41) is 9.84. The lowest BCUT2D eigenvalue weighted by molar-refractivity contribution is -0.121. The molecule has 19 heavy (non-hydrogen) atoms. The molecule has 2 aliphatic rings. The monoisotopic (exact) mass is 258 g/mol. The number of carbonyl (C=O) groups is 2. The number of hydrazone groups is 1. The van der Waals surface area contributed by atoms with Gasteiger partial charge in [-0.15, -0.1) is 0 Å². The van der Waals surface area contributed by atoms with Crippen LogP contribution in [0.3, 0.4) is 0 Å². The SMILES string of the molecule is O=C1CCC(C(=O)Nc2ccc3c(c2)CCN3)=NN1. The Morgan fingerprint density at radius 3 is 2.95 bits per heavy atom. The summed E-state index contributed by atoms with van der Waals surface area (Å²) in [7, 11) is 0. The lowest BCUT2D eigenvalue weighted by Crippen LogP contribution is -2.32. The summed E-state index contributed by atoms with van der Waals surface area (Å²) in [5.74, 6) is -0.411. The van der Waals surface area contributed by atoms with E-state index >= 15 is 0 Å². The highest BCUT2D eigenvalue weighted by atomic mass is 16.2. The molecule has 6 nitrogen and oxygen atoms in total. The van der Waals surface area contributed by atoms with E-state index in [9.17, 15) is 9.59 Å². The number of fused-ring (bicyclic) bond motifs is 1. The Morgan fingerprint density at radius 2 is 2.16 bits per heavy atom. The Morgan fingerprint density at radius 1 is 1.26 bits per heavy atom. The van der Waals surface area contributed by atoms with Crippen molar-refractivity contribution in [3.05, 3.63) is 23.8 Å². The summed E-state index contributed by atoms with van der Waals surface area (Å²) >= 11 is 0. The predicted molar refractivity (Wildman–Crippen MR) is 72.1 cm³/mol. The first kappa shape index (κ1) is 11.7. The summed E-state index contributed by atoms with van der Waals surface area (Å²) < 4.78 is 0. The molecule has 1 aromatic carbocycles. The van der Waals surface area contributed by atoms with E-state index in [-0.39, 0.29) is 11.8 Å². The zero-order chi connectivity index (χ0) is 13.2. The van der Waals surface area contributed by atoms with Gasteiger partial charge in [0.05, 0.1) is 0 Å². The molecular formula is C13H14N4O2. The Labute approximate surface area is 110 Å². The van der Waals surface area contributed by atoms with E-state index in [1.807, 2.05) is 18.2 Å². The van der Waals surface area contributed by atoms with Crippen LogP contribution in [-0.4, -0.2) is 24.1 Å². The topological polar surface area (TPSA) is 82.6 Å². The molecule has 0 spiro atoms. The number of amides is 2. The molecule has 0 unspecified atom stereocenters. The highest BCUT2D eigenvalue weighted by Crippen LogP contribution is 2.25. The molecule has 3 rings (SSSR count). The number of anilines is 2. The van der Waals surface area contributed by atoms with Gasteiger partial charge in [0.25, 0.3) is 5.91 Å². The van der Waals surface area contributed by atoms with Crippen molar-refractivity contribution < 1.29 is 9.59 Å². The normalized spacial score (nSPS) is 17.1. The molecular weight excluding hydrogens is 244 g/mol. The number of nitrogens with zero attached hydrogens (tertiary/aromatic N) is 1. The molecule has 6 heteroatoms. The largest absolute Gasteiger partial charge is 0.384 e. The Kier molecular flexibility index (Phi) is 2.91. The number of nitrogens with one attached hydrogen (secondary N) is 3. The molecule has 0 saturated carbocycles. The fourth-order valence-electron chi connectivity index (χ4n) is 2.22. The van der Waals surface area contributed by atoms with E-state index in [1.54, 1.807) is 0 Å². The van der Waals surface area contributed by atoms with E-state index < -0.39 is 0 Å². The third kappa shape index (κ3) is 2.42. The Balaban J connectivity index is 1.71. The Hall–Kier alpha value is -2.37. The maximum Gasteiger partial charge on any atom is 0.271 e. The molecule has 0 atom stereocenters. The molecule has 0 radical (unpaired) electrons. The summed E-state index contributed by atoms with van der Waals surface area (Å²) in [6, 6.07) is 5.79. The number of carbonyl (C=O) groups excluding carboxylic acids is 2. The first-order chi connectivity index (χ1) is 9.22. The van der Waals surface area contributed by atoms with E-state index in [2.05, 4.69) is 21.2 Å². The maximum absolute atomic E-state index is 12.0. The van der Waals surface area contributed by atoms with Crippen molar-refractivity contribution in [2.75, 3.05) is 17.2 Å². The highest BCUT2D eigenvalue weighted by Gasteiger charge is 2.19. The van der Waals surface area contributed by atoms with Gasteiger partial charge < -0.3 is 10.6 Å². The van der Waals surface area contributed by atoms with Crippen LogP contribution in [0.5, 0.6) is 0 Å². The standard InChI is InChI=1S/C13H14N4O2/c18-12-4-3-11(16-17-12)13(19)15-9-1-2-10-8(7-9)5-6-14-10/h1-2,7,14H,3-6H2,(H,15,19)(H,17,18). The van der Waals surface area contributed by atoms with Crippen LogP contribution < -0.4 is 16.1 Å². The second-order valence-corrected chi connectivity index (χ2v) is 4.60. The van der Waals surface area contributed by atoms with Gasteiger partial charge in [-0.3, -0.25) is 9.59 Å². The first-order valence-electron chi connectivity index (χ1n) is 6.26. The van der Waals surface area contributed by atoms with E-state index in [0.29, 0.717) is 18.6 Å². The number of rotatable bonds is 2. The average Bonchev–Trinajstić information content (AvgIpc) is 2.87. The highest BCUT2D eigenvalue weighted by molar-refractivity contribution is 6.43. The summed E-state index contributed by atoms with van der Waals surface area (Å²) in [4.78, 5) is 22.9. The summed E-state index contributed by atoms with van der Waals surface area (Å²) in [5.41, 5.74) is 5.77. The maximum atomic E-state index is 12.0. The van der Waals surface area contributed by atoms with Gasteiger partial charge in [0.2, 0.25) is 5.91 Å². The quantitative estimate of drug-likeness (QED) is 0.735. The van der Waals surface area contributed by atoms with Crippen molar-refractivity contribution >= 4 is 28.9 Å². The first-order valence-corrected chi connectivity index (χ1v) is 6.26. The van der Waals surface area contributed by atoms with E-state index in [0.717, 1.165) is 24.3 Å².